The van der Waals surface area contributed by atoms with Gasteiger partial charge >= 0.3 is 0 Å². The number of ether oxygens (including phenoxy) is 1. The summed E-state index contributed by atoms with van der Waals surface area (Å²) in [5.74, 6) is 1.85. The van der Waals surface area contributed by atoms with Crippen LogP contribution in [0, 0.1) is 11.8 Å². The summed E-state index contributed by atoms with van der Waals surface area (Å²) in [4.78, 5) is 0. The van der Waals surface area contributed by atoms with Crippen molar-refractivity contribution in [3.63, 3.8) is 0 Å². The van der Waals surface area contributed by atoms with E-state index in [1.807, 2.05) is 0 Å². The monoisotopic (exact) mass is 281 g/mol. The van der Waals surface area contributed by atoms with Crippen molar-refractivity contribution < 1.29 is 4.74 Å². The van der Waals surface area contributed by atoms with E-state index in [1.165, 1.54) is 70.8 Å². The zero-order valence-corrected chi connectivity index (χ0v) is 13.7. The van der Waals surface area contributed by atoms with Crippen LogP contribution in [0.15, 0.2) is 0 Å². The van der Waals surface area contributed by atoms with Crippen LogP contribution in [0.5, 0.6) is 0 Å². The third-order valence-electron chi connectivity index (χ3n) is 5.28. The van der Waals surface area contributed by atoms with Gasteiger partial charge in [0.2, 0.25) is 0 Å². The van der Waals surface area contributed by atoms with E-state index < -0.39 is 0 Å². The molecule has 1 heterocycles. The Morgan fingerprint density at radius 1 is 1.15 bits per heavy atom. The zero-order chi connectivity index (χ0) is 14.2. The Morgan fingerprint density at radius 2 is 2.05 bits per heavy atom. The Kier molecular flexibility index (Phi) is 7.37. The molecule has 0 spiro atoms. The Bertz CT molecular complexity index is 250. The van der Waals surface area contributed by atoms with Gasteiger partial charge in [0.15, 0.2) is 0 Å². The molecule has 1 aliphatic carbocycles. The van der Waals surface area contributed by atoms with Crippen LogP contribution in [0.3, 0.4) is 0 Å². The molecule has 2 fully saturated rings. The van der Waals surface area contributed by atoms with E-state index in [9.17, 15) is 0 Å². The molecule has 2 heteroatoms. The van der Waals surface area contributed by atoms with Gasteiger partial charge in [0.25, 0.3) is 0 Å². The predicted molar refractivity (Wildman–Crippen MR) is 86.0 cm³/mol. The molecule has 20 heavy (non-hydrogen) atoms. The Morgan fingerprint density at radius 3 is 2.75 bits per heavy atom. The van der Waals surface area contributed by atoms with Gasteiger partial charge in [-0.05, 0) is 69.7 Å². The van der Waals surface area contributed by atoms with Gasteiger partial charge in [-0.1, -0.05) is 26.7 Å². The van der Waals surface area contributed by atoms with Crippen molar-refractivity contribution in [2.45, 2.75) is 90.2 Å². The average molecular weight is 281 g/mol. The molecule has 1 N–H and O–H groups in total. The summed E-state index contributed by atoms with van der Waals surface area (Å²) < 4.78 is 5.91. The standard InChI is InChI=1S/C18H35NO/c1-3-12-19-18(16-8-6-7-15(2)14-16)11-10-17-9-4-5-13-20-17/h15-19H,3-14H2,1-2H3. The van der Waals surface area contributed by atoms with Crippen LogP contribution in [-0.2, 0) is 4.74 Å². The quantitative estimate of drug-likeness (QED) is 0.740. The van der Waals surface area contributed by atoms with Crippen LogP contribution in [-0.4, -0.2) is 25.3 Å². The third kappa shape index (κ3) is 5.37. The lowest BCUT2D eigenvalue weighted by Gasteiger charge is -2.35. The van der Waals surface area contributed by atoms with E-state index in [4.69, 9.17) is 4.74 Å². The van der Waals surface area contributed by atoms with Crippen molar-refractivity contribution >= 4 is 0 Å². The van der Waals surface area contributed by atoms with Crippen molar-refractivity contribution in [2.75, 3.05) is 13.2 Å². The van der Waals surface area contributed by atoms with E-state index in [0.717, 1.165) is 24.5 Å². The van der Waals surface area contributed by atoms with Crippen molar-refractivity contribution in [3.05, 3.63) is 0 Å². The van der Waals surface area contributed by atoms with Crippen molar-refractivity contribution in [1.82, 2.24) is 5.32 Å². The van der Waals surface area contributed by atoms with Gasteiger partial charge in [-0.25, -0.2) is 0 Å². The summed E-state index contributed by atoms with van der Waals surface area (Å²) in [7, 11) is 0. The molecule has 118 valence electrons. The normalized spacial score (nSPS) is 33.0. The molecule has 2 nitrogen and oxygen atoms in total. The third-order valence-corrected chi connectivity index (χ3v) is 5.28. The van der Waals surface area contributed by atoms with E-state index in [-0.39, 0.29) is 0 Å². The largest absolute Gasteiger partial charge is 0.378 e. The summed E-state index contributed by atoms with van der Waals surface area (Å²) in [6.07, 6.45) is 14.1. The van der Waals surface area contributed by atoms with Crippen molar-refractivity contribution in [3.8, 4) is 0 Å². The molecule has 0 amide bonds. The van der Waals surface area contributed by atoms with E-state index in [2.05, 4.69) is 19.2 Å². The minimum Gasteiger partial charge on any atom is -0.378 e. The molecule has 1 saturated carbocycles. The molecule has 0 radical (unpaired) electrons. The van der Waals surface area contributed by atoms with Gasteiger partial charge in [0, 0.05) is 12.6 Å². The van der Waals surface area contributed by atoms with E-state index in [1.54, 1.807) is 0 Å². The van der Waals surface area contributed by atoms with Crippen LogP contribution >= 0.6 is 0 Å². The molecule has 4 atom stereocenters. The van der Waals surface area contributed by atoms with Crippen LogP contribution in [0.1, 0.15) is 78.1 Å². The highest BCUT2D eigenvalue weighted by Gasteiger charge is 2.27. The van der Waals surface area contributed by atoms with E-state index in [0.29, 0.717) is 6.10 Å². The average Bonchev–Trinajstić information content (AvgIpc) is 2.48. The van der Waals surface area contributed by atoms with Crippen molar-refractivity contribution in [2.24, 2.45) is 11.8 Å². The Hall–Kier alpha value is -0.0800. The fourth-order valence-electron chi connectivity index (χ4n) is 4.08. The first kappa shape index (κ1) is 16.3. The summed E-state index contributed by atoms with van der Waals surface area (Å²) in [5.41, 5.74) is 0. The summed E-state index contributed by atoms with van der Waals surface area (Å²) in [5, 5.41) is 3.84. The Labute approximate surface area is 126 Å². The highest BCUT2D eigenvalue weighted by molar-refractivity contribution is 4.82. The SMILES string of the molecule is CCCNC(CCC1CCCCO1)C1CCCC(C)C1. The summed E-state index contributed by atoms with van der Waals surface area (Å²) in [6, 6.07) is 0.739. The molecule has 2 rings (SSSR count). The van der Waals surface area contributed by atoms with Crippen LogP contribution in [0.25, 0.3) is 0 Å². The lowest BCUT2D eigenvalue weighted by molar-refractivity contribution is 0.00678. The lowest BCUT2D eigenvalue weighted by atomic mass is 9.77. The molecule has 2 aliphatic rings. The molecule has 1 aliphatic heterocycles. The number of hydrogen-bond acceptors (Lipinski definition) is 2. The number of nitrogens with one attached hydrogen (secondary N) is 1. The first-order chi connectivity index (χ1) is 9.79. The molecule has 0 aromatic carbocycles. The number of rotatable bonds is 7. The van der Waals surface area contributed by atoms with Crippen LogP contribution in [0.2, 0.25) is 0 Å². The summed E-state index contributed by atoms with van der Waals surface area (Å²) >= 11 is 0. The van der Waals surface area contributed by atoms with E-state index >= 15 is 0 Å². The number of hydrogen-bond donors (Lipinski definition) is 1. The second-order valence-electron chi connectivity index (χ2n) is 7.16. The van der Waals surface area contributed by atoms with Gasteiger partial charge in [-0.3, -0.25) is 0 Å². The van der Waals surface area contributed by atoms with Gasteiger partial charge in [-0.2, -0.15) is 0 Å². The lowest BCUT2D eigenvalue weighted by Crippen LogP contribution is -2.39. The fraction of sp³-hybridized carbons (Fsp3) is 1.00. The molecule has 1 saturated heterocycles. The minimum atomic E-state index is 0.552. The fourth-order valence-corrected chi connectivity index (χ4v) is 4.08. The second-order valence-corrected chi connectivity index (χ2v) is 7.16. The minimum absolute atomic E-state index is 0.552. The first-order valence-corrected chi connectivity index (χ1v) is 9.14. The maximum absolute atomic E-state index is 5.91. The maximum atomic E-state index is 5.91. The van der Waals surface area contributed by atoms with Gasteiger partial charge in [-0.15, -0.1) is 0 Å². The van der Waals surface area contributed by atoms with Crippen LogP contribution < -0.4 is 5.32 Å². The highest BCUT2D eigenvalue weighted by Crippen LogP contribution is 2.33. The molecular formula is C18H35NO. The van der Waals surface area contributed by atoms with Gasteiger partial charge in [0.05, 0.1) is 6.10 Å². The maximum Gasteiger partial charge on any atom is 0.0575 e. The molecule has 4 unspecified atom stereocenters. The first-order valence-electron chi connectivity index (χ1n) is 9.14. The molecule has 0 bridgehead atoms. The summed E-state index contributed by atoms with van der Waals surface area (Å²) in [6.45, 7) is 6.89. The van der Waals surface area contributed by atoms with Gasteiger partial charge in [0.1, 0.15) is 0 Å². The zero-order valence-electron chi connectivity index (χ0n) is 13.7. The van der Waals surface area contributed by atoms with Crippen LogP contribution in [0.4, 0.5) is 0 Å². The predicted octanol–water partition coefficient (Wildman–Crippen LogP) is 4.53. The smallest absolute Gasteiger partial charge is 0.0575 e. The van der Waals surface area contributed by atoms with Gasteiger partial charge < -0.3 is 10.1 Å². The second kappa shape index (κ2) is 9.04. The molecular weight excluding hydrogens is 246 g/mol. The highest BCUT2D eigenvalue weighted by atomic mass is 16.5. The Balaban J connectivity index is 1.78. The van der Waals surface area contributed by atoms with Crippen molar-refractivity contribution in [1.29, 1.82) is 0 Å². The molecule has 0 aromatic heterocycles. The topological polar surface area (TPSA) is 21.3 Å². The molecule has 0 aromatic rings.